The van der Waals surface area contributed by atoms with Crippen LogP contribution in [0.2, 0.25) is 0 Å². The normalized spacial score (nSPS) is 23.5. The van der Waals surface area contributed by atoms with Crippen molar-refractivity contribution in [1.82, 2.24) is 15.2 Å². The van der Waals surface area contributed by atoms with Crippen molar-refractivity contribution in [3.05, 3.63) is 24.0 Å². The van der Waals surface area contributed by atoms with Gasteiger partial charge >= 0.3 is 0 Å². The monoisotopic (exact) mass is 305 g/mol. The Kier molecular flexibility index (Phi) is 4.90. The van der Waals surface area contributed by atoms with E-state index in [2.05, 4.69) is 15.2 Å². The predicted octanol–water partition coefficient (Wildman–Crippen LogP) is 1.16. The smallest absolute Gasteiger partial charge is 0.273 e. The van der Waals surface area contributed by atoms with Crippen molar-refractivity contribution in [3.8, 4) is 5.75 Å². The molecule has 2 aliphatic heterocycles. The zero-order valence-electron chi connectivity index (χ0n) is 12.7. The molecular formula is C16H23N3O3. The number of hydrogen-bond acceptors (Lipinski definition) is 5. The van der Waals surface area contributed by atoms with Gasteiger partial charge in [0.25, 0.3) is 5.91 Å². The zero-order valence-corrected chi connectivity index (χ0v) is 12.7. The van der Waals surface area contributed by atoms with Gasteiger partial charge in [0.05, 0.1) is 6.10 Å². The van der Waals surface area contributed by atoms with Crippen molar-refractivity contribution < 1.29 is 14.6 Å². The maximum atomic E-state index is 12.1. The molecule has 1 atom stereocenters. The number of piperidine rings is 1. The average molecular weight is 305 g/mol. The highest BCUT2D eigenvalue weighted by atomic mass is 16.5. The van der Waals surface area contributed by atoms with E-state index in [0.717, 1.165) is 45.5 Å². The van der Waals surface area contributed by atoms with E-state index in [4.69, 9.17) is 4.74 Å². The molecule has 22 heavy (non-hydrogen) atoms. The van der Waals surface area contributed by atoms with Gasteiger partial charge in [-0.2, -0.15) is 0 Å². The zero-order chi connectivity index (χ0) is 15.4. The molecule has 1 aromatic rings. The number of aromatic nitrogens is 1. The second kappa shape index (κ2) is 7.07. The number of carbonyl (C=O) groups excluding carboxylic acids is 1. The average Bonchev–Trinajstić information content (AvgIpc) is 3.02. The second-order valence-electron chi connectivity index (χ2n) is 6.05. The van der Waals surface area contributed by atoms with E-state index in [1.807, 2.05) is 0 Å². The standard InChI is InChI=1S/C16H23N3O3/c20-14-4-1-7-17-15(14)16(21)18-12-5-8-19(9-6-12)11-13-3-2-10-22-13/h1,4,7,12-13,20H,2-3,5-6,8-11H2,(H,18,21). The Balaban J connectivity index is 1.45. The van der Waals surface area contributed by atoms with Crippen LogP contribution in [0.3, 0.4) is 0 Å². The molecular weight excluding hydrogens is 282 g/mol. The van der Waals surface area contributed by atoms with E-state index in [1.54, 1.807) is 6.07 Å². The Morgan fingerprint density at radius 1 is 1.41 bits per heavy atom. The molecule has 0 spiro atoms. The molecule has 120 valence electrons. The van der Waals surface area contributed by atoms with Gasteiger partial charge in [0.1, 0.15) is 5.75 Å². The highest BCUT2D eigenvalue weighted by Gasteiger charge is 2.25. The number of rotatable bonds is 4. The molecule has 3 heterocycles. The Morgan fingerprint density at radius 3 is 2.91 bits per heavy atom. The molecule has 2 saturated heterocycles. The van der Waals surface area contributed by atoms with Crippen molar-refractivity contribution in [2.24, 2.45) is 0 Å². The summed E-state index contributed by atoms with van der Waals surface area (Å²) in [5, 5.41) is 12.6. The minimum atomic E-state index is -0.296. The predicted molar refractivity (Wildman–Crippen MR) is 81.8 cm³/mol. The van der Waals surface area contributed by atoms with Crippen LogP contribution in [0.5, 0.6) is 5.75 Å². The molecule has 6 heteroatoms. The van der Waals surface area contributed by atoms with Crippen molar-refractivity contribution >= 4 is 5.91 Å². The number of ether oxygens (including phenoxy) is 1. The first-order valence-electron chi connectivity index (χ1n) is 8.01. The molecule has 0 saturated carbocycles. The summed E-state index contributed by atoms with van der Waals surface area (Å²) in [6, 6.07) is 3.23. The molecule has 0 aromatic carbocycles. The van der Waals surface area contributed by atoms with E-state index in [1.165, 1.54) is 18.7 Å². The van der Waals surface area contributed by atoms with E-state index in [9.17, 15) is 9.90 Å². The molecule has 1 amide bonds. The summed E-state index contributed by atoms with van der Waals surface area (Å²) < 4.78 is 5.67. The van der Waals surface area contributed by atoms with Crippen LogP contribution in [0.15, 0.2) is 18.3 Å². The molecule has 0 radical (unpaired) electrons. The minimum absolute atomic E-state index is 0.0733. The van der Waals surface area contributed by atoms with Crippen molar-refractivity contribution in [1.29, 1.82) is 0 Å². The van der Waals surface area contributed by atoms with Crippen LogP contribution in [0, 0.1) is 0 Å². The maximum Gasteiger partial charge on any atom is 0.273 e. The van der Waals surface area contributed by atoms with E-state index in [0.29, 0.717) is 6.10 Å². The Bertz CT molecular complexity index is 509. The van der Waals surface area contributed by atoms with Gasteiger partial charge in [-0.3, -0.25) is 4.79 Å². The highest BCUT2D eigenvalue weighted by Crippen LogP contribution is 2.18. The summed E-state index contributed by atoms with van der Waals surface area (Å²) in [6.07, 6.45) is 6.08. The van der Waals surface area contributed by atoms with Crippen molar-refractivity contribution in [2.45, 2.75) is 37.8 Å². The molecule has 3 rings (SSSR count). The molecule has 0 aliphatic carbocycles. The van der Waals surface area contributed by atoms with Gasteiger partial charge in [-0.25, -0.2) is 4.98 Å². The summed E-state index contributed by atoms with van der Waals surface area (Å²) in [5.74, 6) is -0.369. The SMILES string of the molecule is O=C(NC1CCN(CC2CCCO2)CC1)c1ncccc1O. The third kappa shape index (κ3) is 3.75. The highest BCUT2D eigenvalue weighted by molar-refractivity contribution is 5.94. The number of hydrogen-bond donors (Lipinski definition) is 2. The van der Waals surface area contributed by atoms with Gasteiger partial charge in [-0.1, -0.05) is 0 Å². The number of aromatic hydroxyl groups is 1. The largest absolute Gasteiger partial charge is 0.505 e. The molecule has 6 nitrogen and oxygen atoms in total. The first-order valence-corrected chi connectivity index (χ1v) is 8.01. The lowest BCUT2D eigenvalue weighted by molar-refractivity contribution is 0.0612. The van der Waals surface area contributed by atoms with Crippen molar-refractivity contribution in [3.63, 3.8) is 0 Å². The van der Waals surface area contributed by atoms with Crippen LogP contribution in [0.1, 0.15) is 36.2 Å². The topological polar surface area (TPSA) is 74.7 Å². The van der Waals surface area contributed by atoms with E-state index < -0.39 is 0 Å². The van der Waals surface area contributed by atoms with E-state index in [-0.39, 0.29) is 23.4 Å². The van der Waals surface area contributed by atoms with E-state index >= 15 is 0 Å². The van der Waals surface area contributed by atoms with Gasteiger partial charge in [0.15, 0.2) is 5.69 Å². The van der Waals surface area contributed by atoms with Crippen LogP contribution in [0.4, 0.5) is 0 Å². The fourth-order valence-corrected chi connectivity index (χ4v) is 3.16. The first kappa shape index (κ1) is 15.2. The molecule has 0 bridgehead atoms. The van der Waals surface area contributed by atoms with Gasteiger partial charge in [-0.05, 0) is 37.8 Å². The lowest BCUT2D eigenvalue weighted by Gasteiger charge is -2.33. The summed E-state index contributed by atoms with van der Waals surface area (Å²) in [5.41, 5.74) is 0.101. The molecule has 2 N–H and O–H groups in total. The molecule has 1 unspecified atom stereocenters. The number of nitrogens with one attached hydrogen (secondary N) is 1. The summed E-state index contributed by atoms with van der Waals surface area (Å²) in [6.45, 7) is 3.84. The third-order valence-corrected chi connectivity index (χ3v) is 4.41. The first-order chi connectivity index (χ1) is 10.7. The van der Waals surface area contributed by atoms with Crippen LogP contribution in [-0.4, -0.2) is 59.3 Å². The summed E-state index contributed by atoms with van der Waals surface area (Å²) in [7, 11) is 0. The van der Waals surface area contributed by atoms with Gasteiger partial charge in [0.2, 0.25) is 0 Å². The third-order valence-electron chi connectivity index (χ3n) is 4.41. The fraction of sp³-hybridized carbons (Fsp3) is 0.625. The lowest BCUT2D eigenvalue weighted by Crippen LogP contribution is -2.46. The lowest BCUT2D eigenvalue weighted by atomic mass is 10.0. The van der Waals surface area contributed by atoms with Crippen LogP contribution < -0.4 is 5.32 Å². The number of carbonyl (C=O) groups is 1. The van der Waals surface area contributed by atoms with Gasteiger partial charge in [0, 0.05) is 38.5 Å². The number of likely N-dealkylation sites (tertiary alicyclic amines) is 1. The molecule has 2 aliphatic rings. The van der Waals surface area contributed by atoms with Crippen LogP contribution >= 0.6 is 0 Å². The Morgan fingerprint density at radius 2 is 2.23 bits per heavy atom. The van der Waals surface area contributed by atoms with Gasteiger partial charge < -0.3 is 20.1 Å². The summed E-state index contributed by atoms with van der Waals surface area (Å²) >= 11 is 0. The minimum Gasteiger partial charge on any atom is -0.505 e. The van der Waals surface area contributed by atoms with Gasteiger partial charge in [-0.15, -0.1) is 0 Å². The van der Waals surface area contributed by atoms with Crippen LogP contribution in [-0.2, 0) is 4.74 Å². The summed E-state index contributed by atoms with van der Waals surface area (Å²) in [4.78, 5) is 18.5. The van der Waals surface area contributed by atoms with Crippen LogP contribution in [0.25, 0.3) is 0 Å². The Labute approximate surface area is 130 Å². The number of amides is 1. The van der Waals surface area contributed by atoms with Crippen molar-refractivity contribution in [2.75, 3.05) is 26.2 Å². The number of pyridine rings is 1. The number of nitrogens with zero attached hydrogens (tertiary/aromatic N) is 2. The molecule has 2 fully saturated rings. The maximum absolute atomic E-state index is 12.1. The fourth-order valence-electron chi connectivity index (χ4n) is 3.16. The quantitative estimate of drug-likeness (QED) is 0.873. The molecule has 1 aromatic heterocycles. The second-order valence-corrected chi connectivity index (χ2v) is 6.05. The Hall–Kier alpha value is -1.66.